The second kappa shape index (κ2) is 9.08. The SMILES string of the molecule is O=C=C1CS(=O)[C@H]2C(NC(=O)Cc3ccccc3)C(=O)N2C1C(=O)OCC(Cl)(Cl)Cl. The molecule has 3 rings (SSSR count). The van der Waals surface area contributed by atoms with E-state index in [4.69, 9.17) is 39.5 Å². The number of carbonyl (C=O) groups excluding carboxylic acids is 4. The molecule has 0 radical (unpaired) electrons. The zero-order valence-corrected chi connectivity index (χ0v) is 18.3. The van der Waals surface area contributed by atoms with Crippen molar-refractivity contribution in [2.75, 3.05) is 12.4 Å². The molecule has 2 aliphatic rings. The molecule has 12 heteroatoms. The first-order valence-electron chi connectivity index (χ1n) is 8.62. The molecule has 1 aromatic carbocycles. The standard InChI is InChI=1S/C18H15Cl3N2O6S/c19-18(20,21)9-29-17(27)14-11(7-24)8-30(28)16-13(15(26)23(14)16)22-12(25)6-10-4-2-1-3-5-10/h1-5,13-14,16H,6,8-9H2,(H,22,25)/t13?,14?,16-,30?/m0/s1. The maximum atomic E-state index is 12.7. The average Bonchev–Trinajstić information content (AvgIpc) is 2.69. The van der Waals surface area contributed by atoms with Crippen molar-refractivity contribution in [1.29, 1.82) is 0 Å². The quantitative estimate of drug-likeness (QED) is 0.280. The molecule has 0 bridgehead atoms. The molecule has 4 atom stereocenters. The molecule has 2 aliphatic heterocycles. The second-order valence-corrected chi connectivity index (χ2v) is 10.7. The molecular weight excluding hydrogens is 479 g/mol. The summed E-state index contributed by atoms with van der Waals surface area (Å²) >= 11 is 16.7. The summed E-state index contributed by atoms with van der Waals surface area (Å²) in [5.41, 5.74) is 0.532. The Labute approximate surface area is 188 Å². The Morgan fingerprint density at radius 3 is 2.53 bits per heavy atom. The fraction of sp³-hybridized carbons (Fsp3) is 0.389. The van der Waals surface area contributed by atoms with Crippen molar-refractivity contribution >= 4 is 69.3 Å². The zero-order chi connectivity index (χ0) is 22.1. The van der Waals surface area contributed by atoms with E-state index in [-0.39, 0.29) is 17.7 Å². The molecule has 0 aromatic heterocycles. The van der Waals surface area contributed by atoms with Gasteiger partial charge >= 0.3 is 5.97 Å². The monoisotopic (exact) mass is 492 g/mol. The topological polar surface area (TPSA) is 110 Å². The van der Waals surface area contributed by atoms with Crippen LogP contribution in [-0.2, 0) is 41.1 Å². The normalized spacial score (nSPS) is 25.6. The fourth-order valence-corrected chi connectivity index (χ4v) is 5.06. The molecule has 0 spiro atoms. The number of nitrogens with one attached hydrogen (secondary N) is 1. The number of hydrogen-bond donors (Lipinski definition) is 1. The van der Waals surface area contributed by atoms with Gasteiger partial charge in [0.1, 0.15) is 24.0 Å². The lowest BCUT2D eigenvalue weighted by Crippen LogP contribution is -2.77. The maximum absolute atomic E-state index is 12.7. The zero-order valence-electron chi connectivity index (χ0n) is 15.2. The number of amides is 2. The van der Waals surface area contributed by atoms with Gasteiger partial charge < -0.3 is 15.0 Å². The van der Waals surface area contributed by atoms with Gasteiger partial charge in [0, 0.05) is 0 Å². The van der Waals surface area contributed by atoms with Gasteiger partial charge in [-0.3, -0.25) is 13.8 Å². The third-order valence-electron chi connectivity index (χ3n) is 4.51. The van der Waals surface area contributed by atoms with Crippen LogP contribution in [0.2, 0.25) is 0 Å². The van der Waals surface area contributed by atoms with Crippen molar-refractivity contribution < 1.29 is 28.1 Å². The number of fused-ring (bicyclic) bond motifs is 1. The number of β-lactam (4-membered cyclic amide) rings is 1. The number of nitrogens with zero attached hydrogens (tertiary/aromatic N) is 1. The van der Waals surface area contributed by atoms with Crippen LogP contribution in [0.4, 0.5) is 0 Å². The van der Waals surface area contributed by atoms with E-state index in [1.165, 1.54) is 0 Å². The number of halogens is 3. The molecule has 0 aliphatic carbocycles. The van der Waals surface area contributed by atoms with Crippen molar-refractivity contribution in [2.45, 2.75) is 27.7 Å². The molecule has 2 fully saturated rings. The molecule has 8 nitrogen and oxygen atoms in total. The molecule has 2 saturated heterocycles. The Morgan fingerprint density at radius 1 is 1.27 bits per heavy atom. The van der Waals surface area contributed by atoms with Crippen molar-refractivity contribution in [3.8, 4) is 0 Å². The molecule has 2 heterocycles. The lowest BCUT2D eigenvalue weighted by molar-refractivity contribution is -0.163. The Morgan fingerprint density at radius 2 is 1.93 bits per heavy atom. The summed E-state index contributed by atoms with van der Waals surface area (Å²) in [6.45, 7) is -0.605. The molecule has 30 heavy (non-hydrogen) atoms. The van der Waals surface area contributed by atoms with E-state index in [0.717, 1.165) is 10.5 Å². The predicted octanol–water partition coefficient (Wildman–Crippen LogP) is 0.684. The summed E-state index contributed by atoms with van der Waals surface area (Å²) in [4.78, 5) is 49.6. The third-order valence-corrected chi connectivity index (χ3v) is 6.47. The van der Waals surface area contributed by atoms with Crippen molar-refractivity contribution in [1.82, 2.24) is 10.2 Å². The Bertz CT molecular complexity index is 945. The van der Waals surface area contributed by atoms with Crippen LogP contribution in [0.3, 0.4) is 0 Å². The van der Waals surface area contributed by atoms with E-state index in [9.17, 15) is 23.4 Å². The van der Waals surface area contributed by atoms with E-state index < -0.39 is 56.4 Å². The van der Waals surface area contributed by atoms with Crippen LogP contribution in [-0.4, -0.2) is 66.4 Å². The van der Waals surface area contributed by atoms with Crippen LogP contribution in [0.15, 0.2) is 35.9 Å². The number of esters is 1. The van der Waals surface area contributed by atoms with Gasteiger partial charge in [0.05, 0.1) is 28.5 Å². The summed E-state index contributed by atoms with van der Waals surface area (Å²) in [7, 11) is -1.73. The largest absolute Gasteiger partial charge is 0.459 e. The van der Waals surface area contributed by atoms with Gasteiger partial charge in [-0.15, -0.1) is 0 Å². The van der Waals surface area contributed by atoms with E-state index in [1.54, 1.807) is 36.3 Å². The summed E-state index contributed by atoms with van der Waals surface area (Å²) in [5, 5.41) is 1.56. The van der Waals surface area contributed by atoms with Crippen LogP contribution >= 0.6 is 34.8 Å². The minimum atomic E-state index is -1.88. The first kappa shape index (κ1) is 22.8. The number of carbonyl (C=O) groups is 3. The number of benzene rings is 1. The highest BCUT2D eigenvalue weighted by molar-refractivity contribution is 7.86. The number of alkyl halides is 3. The summed E-state index contributed by atoms with van der Waals surface area (Å²) < 4.78 is 15.6. The van der Waals surface area contributed by atoms with Crippen LogP contribution in [0.25, 0.3) is 0 Å². The Balaban J connectivity index is 1.73. The van der Waals surface area contributed by atoms with Crippen LogP contribution in [0.5, 0.6) is 0 Å². The highest BCUT2D eigenvalue weighted by Crippen LogP contribution is 2.35. The lowest BCUT2D eigenvalue weighted by Gasteiger charge is -2.51. The number of rotatable bonds is 5. The van der Waals surface area contributed by atoms with Gasteiger partial charge in [-0.05, 0) is 5.56 Å². The van der Waals surface area contributed by atoms with Gasteiger partial charge in [-0.25, -0.2) is 9.59 Å². The summed E-state index contributed by atoms with van der Waals surface area (Å²) in [6.07, 6.45) is 0.0260. The van der Waals surface area contributed by atoms with Crippen LogP contribution in [0, 0.1) is 0 Å². The van der Waals surface area contributed by atoms with E-state index >= 15 is 0 Å². The highest BCUT2D eigenvalue weighted by Gasteiger charge is 2.60. The lowest BCUT2D eigenvalue weighted by atomic mass is 9.98. The molecule has 2 amide bonds. The molecule has 160 valence electrons. The van der Waals surface area contributed by atoms with E-state index in [0.29, 0.717) is 0 Å². The predicted molar refractivity (Wildman–Crippen MR) is 110 cm³/mol. The van der Waals surface area contributed by atoms with E-state index in [1.807, 2.05) is 0 Å². The number of hydrogen-bond acceptors (Lipinski definition) is 6. The maximum Gasteiger partial charge on any atom is 0.334 e. The first-order valence-corrected chi connectivity index (χ1v) is 11.1. The third kappa shape index (κ3) is 4.87. The van der Waals surface area contributed by atoms with Gasteiger partial charge in [0.2, 0.25) is 15.6 Å². The Hall–Kier alpha value is -1.90. The van der Waals surface area contributed by atoms with Gasteiger partial charge in [-0.1, -0.05) is 65.1 Å². The minimum absolute atomic E-state index is 0.0260. The average molecular weight is 494 g/mol. The fourth-order valence-electron chi connectivity index (χ4n) is 3.24. The highest BCUT2D eigenvalue weighted by atomic mass is 35.6. The molecule has 0 saturated carbocycles. The molecular formula is C18H15Cl3N2O6S. The summed E-state index contributed by atoms with van der Waals surface area (Å²) in [5.74, 6) is -0.867. The van der Waals surface area contributed by atoms with Crippen molar-refractivity contribution in [3.63, 3.8) is 0 Å². The van der Waals surface area contributed by atoms with Gasteiger partial charge in [-0.2, -0.15) is 0 Å². The minimum Gasteiger partial charge on any atom is -0.459 e. The van der Waals surface area contributed by atoms with Crippen molar-refractivity contribution in [3.05, 3.63) is 41.5 Å². The van der Waals surface area contributed by atoms with Crippen LogP contribution < -0.4 is 5.32 Å². The molecule has 3 unspecified atom stereocenters. The van der Waals surface area contributed by atoms with Crippen LogP contribution in [0.1, 0.15) is 5.56 Å². The van der Waals surface area contributed by atoms with Gasteiger partial charge in [0.25, 0.3) is 0 Å². The van der Waals surface area contributed by atoms with Crippen molar-refractivity contribution in [2.24, 2.45) is 0 Å². The molecule has 1 aromatic rings. The smallest absolute Gasteiger partial charge is 0.334 e. The van der Waals surface area contributed by atoms with Gasteiger partial charge in [0.15, 0.2) is 6.04 Å². The molecule has 1 N–H and O–H groups in total. The summed E-state index contributed by atoms with van der Waals surface area (Å²) in [6, 6.07) is 6.34. The second-order valence-electron chi connectivity index (χ2n) is 6.62. The Kier molecular flexibility index (Phi) is 6.89. The first-order chi connectivity index (χ1) is 14.1. The number of ether oxygens (including phenoxy) is 1. The van der Waals surface area contributed by atoms with E-state index in [2.05, 4.69) is 5.32 Å².